The number of aromatic nitrogens is 5. The van der Waals surface area contributed by atoms with Crippen molar-refractivity contribution in [1.29, 1.82) is 0 Å². The normalized spacial score (nSPS) is 14.8. The van der Waals surface area contributed by atoms with E-state index in [2.05, 4.69) is 36.1 Å². The van der Waals surface area contributed by atoms with Crippen LogP contribution in [0.3, 0.4) is 0 Å². The van der Waals surface area contributed by atoms with Crippen LogP contribution >= 0.6 is 0 Å². The zero-order valence-electron chi connectivity index (χ0n) is 20.2. The molecule has 1 aromatic carbocycles. The summed E-state index contributed by atoms with van der Waals surface area (Å²) in [5, 5.41) is 19.7. The quantitative estimate of drug-likeness (QED) is 0.347. The zero-order valence-corrected chi connectivity index (χ0v) is 20.2. The summed E-state index contributed by atoms with van der Waals surface area (Å²) in [4.78, 5) is 15.2. The second-order valence-electron chi connectivity index (χ2n) is 8.91. The van der Waals surface area contributed by atoms with Gasteiger partial charge in [0.05, 0.1) is 18.0 Å². The maximum atomic E-state index is 13.0. The van der Waals surface area contributed by atoms with Gasteiger partial charge in [-0.2, -0.15) is 9.78 Å². The molecule has 35 heavy (non-hydrogen) atoms. The van der Waals surface area contributed by atoms with Crippen molar-refractivity contribution in [3.05, 3.63) is 41.2 Å². The van der Waals surface area contributed by atoms with Crippen LogP contribution in [0.5, 0.6) is 5.75 Å². The molecule has 0 unspecified atom stereocenters. The first-order chi connectivity index (χ1) is 16.9. The van der Waals surface area contributed by atoms with E-state index in [4.69, 9.17) is 15.1 Å². The standard InChI is InChI=1S/C23H31N9O3/c1-15(2)34-18-11-9-16(10-12-18)13-25-27-23(33)20-19(14-31(3)17-7-5-4-6-8-17)32(30-26-20)22-21(24)28-35-29-22/h9-13,15,17H,4-8,14H2,1-3H3,(H2,24,28)(H,27,33). The van der Waals surface area contributed by atoms with Crippen LogP contribution in [0.25, 0.3) is 5.82 Å². The summed E-state index contributed by atoms with van der Waals surface area (Å²) in [5.41, 5.74) is 9.89. The number of anilines is 1. The maximum absolute atomic E-state index is 13.0. The van der Waals surface area contributed by atoms with Crippen molar-refractivity contribution in [3.63, 3.8) is 0 Å². The van der Waals surface area contributed by atoms with Gasteiger partial charge >= 0.3 is 0 Å². The lowest BCUT2D eigenvalue weighted by Crippen LogP contribution is -2.34. The van der Waals surface area contributed by atoms with Crippen LogP contribution in [0.15, 0.2) is 34.0 Å². The maximum Gasteiger partial charge on any atom is 0.293 e. The van der Waals surface area contributed by atoms with Gasteiger partial charge in [0.15, 0.2) is 5.69 Å². The van der Waals surface area contributed by atoms with Gasteiger partial charge in [-0.25, -0.2) is 10.1 Å². The summed E-state index contributed by atoms with van der Waals surface area (Å²) >= 11 is 0. The number of hydrogen-bond acceptors (Lipinski definition) is 10. The Labute approximate surface area is 203 Å². The Kier molecular flexibility index (Phi) is 7.70. The molecule has 4 rings (SSSR count). The number of hydrogen-bond donors (Lipinski definition) is 2. The van der Waals surface area contributed by atoms with Crippen molar-refractivity contribution < 1.29 is 14.2 Å². The predicted molar refractivity (Wildman–Crippen MR) is 129 cm³/mol. The molecule has 2 heterocycles. The monoisotopic (exact) mass is 481 g/mol. The molecule has 3 N–H and O–H groups in total. The molecule has 1 aliphatic carbocycles. The fourth-order valence-electron chi connectivity index (χ4n) is 4.14. The zero-order chi connectivity index (χ0) is 24.8. The van der Waals surface area contributed by atoms with Gasteiger partial charge in [-0.05, 0) is 73.9 Å². The Morgan fingerprint density at radius 2 is 2.03 bits per heavy atom. The van der Waals surface area contributed by atoms with Crippen LogP contribution in [0, 0.1) is 0 Å². The summed E-state index contributed by atoms with van der Waals surface area (Å²) in [7, 11) is 2.03. The summed E-state index contributed by atoms with van der Waals surface area (Å²) < 4.78 is 11.8. The number of nitrogens with zero attached hydrogens (tertiary/aromatic N) is 7. The van der Waals surface area contributed by atoms with Gasteiger partial charge < -0.3 is 10.5 Å². The van der Waals surface area contributed by atoms with Crippen LogP contribution in [0.4, 0.5) is 5.82 Å². The number of amides is 1. The highest BCUT2D eigenvalue weighted by Gasteiger charge is 2.27. The highest BCUT2D eigenvalue weighted by molar-refractivity contribution is 5.94. The topological polar surface area (TPSA) is 150 Å². The molecule has 0 aliphatic heterocycles. The molecular formula is C23H31N9O3. The molecule has 1 saturated carbocycles. The lowest BCUT2D eigenvalue weighted by atomic mass is 9.94. The van der Waals surface area contributed by atoms with Gasteiger partial charge in [0, 0.05) is 12.6 Å². The summed E-state index contributed by atoms with van der Waals surface area (Å²) in [6.07, 6.45) is 7.51. The van der Waals surface area contributed by atoms with E-state index in [0.717, 1.165) is 24.2 Å². The van der Waals surface area contributed by atoms with Crippen LogP contribution in [0.2, 0.25) is 0 Å². The number of benzene rings is 1. The molecule has 2 aromatic heterocycles. The third-order valence-electron chi connectivity index (χ3n) is 5.90. The second kappa shape index (κ2) is 11.1. The SMILES string of the molecule is CC(C)Oc1ccc(C=NNC(=O)c2nnn(-c3nonc3N)c2CN(C)C2CCCCC2)cc1. The Balaban J connectivity index is 1.50. The number of rotatable bonds is 9. The van der Waals surface area contributed by atoms with Crippen molar-refractivity contribution in [2.45, 2.75) is 64.6 Å². The Morgan fingerprint density at radius 3 is 2.69 bits per heavy atom. The molecule has 0 bridgehead atoms. The molecule has 0 spiro atoms. The summed E-state index contributed by atoms with van der Waals surface area (Å²) in [5.74, 6) is 0.530. The molecule has 186 valence electrons. The first kappa shape index (κ1) is 24.3. The lowest BCUT2D eigenvalue weighted by Gasteiger charge is -2.31. The first-order valence-electron chi connectivity index (χ1n) is 11.8. The average Bonchev–Trinajstić information content (AvgIpc) is 3.46. The van der Waals surface area contributed by atoms with E-state index >= 15 is 0 Å². The van der Waals surface area contributed by atoms with Gasteiger partial charge in [0.25, 0.3) is 5.91 Å². The molecule has 0 saturated heterocycles. The van der Waals surface area contributed by atoms with Gasteiger partial charge in [-0.3, -0.25) is 9.69 Å². The van der Waals surface area contributed by atoms with E-state index in [-0.39, 0.29) is 23.4 Å². The number of carbonyl (C=O) groups is 1. The first-order valence-corrected chi connectivity index (χ1v) is 11.8. The number of ether oxygens (including phenoxy) is 1. The van der Waals surface area contributed by atoms with Crippen LogP contribution in [-0.4, -0.2) is 61.5 Å². The van der Waals surface area contributed by atoms with E-state index in [1.807, 2.05) is 45.2 Å². The minimum Gasteiger partial charge on any atom is -0.491 e. The molecular weight excluding hydrogens is 450 g/mol. The van der Waals surface area contributed by atoms with Gasteiger partial charge in [0.1, 0.15) is 5.75 Å². The van der Waals surface area contributed by atoms with Gasteiger partial charge in [-0.1, -0.05) is 24.5 Å². The minimum absolute atomic E-state index is 0.0614. The number of hydrazone groups is 1. The summed E-state index contributed by atoms with van der Waals surface area (Å²) in [6.45, 7) is 4.36. The molecule has 12 nitrogen and oxygen atoms in total. The van der Waals surface area contributed by atoms with Crippen molar-refractivity contribution >= 4 is 17.9 Å². The van der Waals surface area contributed by atoms with E-state index in [1.165, 1.54) is 23.9 Å². The molecule has 0 atom stereocenters. The van der Waals surface area contributed by atoms with Crippen LogP contribution < -0.4 is 15.9 Å². The average molecular weight is 482 g/mol. The number of nitrogens with one attached hydrogen (secondary N) is 1. The minimum atomic E-state index is -0.491. The molecule has 1 aliphatic rings. The van der Waals surface area contributed by atoms with Crippen molar-refractivity contribution in [3.8, 4) is 11.6 Å². The molecule has 1 amide bonds. The Bertz CT molecular complexity index is 1150. The molecule has 1 fully saturated rings. The Hall–Kier alpha value is -3.80. The predicted octanol–water partition coefficient (Wildman–Crippen LogP) is 2.55. The third-order valence-corrected chi connectivity index (χ3v) is 5.90. The second-order valence-corrected chi connectivity index (χ2v) is 8.91. The fourth-order valence-corrected chi connectivity index (χ4v) is 4.14. The lowest BCUT2D eigenvalue weighted by molar-refractivity contribution is 0.0947. The Morgan fingerprint density at radius 1 is 1.29 bits per heavy atom. The molecule has 12 heteroatoms. The van der Waals surface area contributed by atoms with Crippen molar-refractivity contribution in [1.82, 2.24) is 35.6 Å². The summed E-state index contributed by atoms with van der Waals surface area (Å²) in [6, 6.07) is 7.83. The smallest absolute Gasteiger partial charge is 0.293 e. The number of carbonyl (C=O) groups excluding carboxylic acids is 1. The van der Waals surface area contributed by atoms with E-state index < -0.39 is 5.91 Å². The van der Waals surface area contributed by atoms with Crippen LogP contribution in [-0.2, 0) is 6.54 Å². The highest BCUT2D eigenvalue weighted by atomic mass is 16.6. The molecule has 3 aromatic rings. The highest BCUT2D eigenvalue weighted by Crippen LogP contribution is 2.24. The van der Waals surface area contributed by atoms with Gasteiger partial charge in [0.2, 0.25) is 11.6 Å². The fraction of sp³-hybridized carbons (Fsp3) is 0.478. The van der Waals surface area contributed by atoms with E-state index in [0.29, 0.717) is 18.3 Å². The van der Waals surface area contributed by atoms with E-state index in [1.54, 1.807) is 6.21 Å². The van der Waals surface area contributed by atoms with Crippen LogP contribution in [0.1, 0.15) is 67.7 Å². The number of nitrogens with two attached hydrogens (primary N) is 1. The van der Waals surface area contributed by atoms with Gasteiger partial charge in [-0.15, -0.1) is 5.10 Å². The van der Waals surface area contributed by atoms with E-state index in [9.17, 15) is 4.79 Å². The largest absolute Gasteiger partial charge is 0.491 e. The third kappa shape index (κ3) is 6.01. The molecule has 0 radical (unpaired) electrons. The van der Waals surface area contributed by atoms with Crippen molar-refractivity contribution in [2.75, 3.05) is 12.8 Å². The van der Waals surface area contributed by atoms with Crippen molar-refractivity contribution in [2.24, 2.45) is 5.10 Å². The number of nitrogen functional groups attached to an aromatic ring is 1.